The maximum absolute atomic E-state index is 13.4. The number of amides is 2. The van der Waals surface area contributed by atoms with Crippen molar-refractivity contribution in [3.63, 3.8) is 0 Å². The van der Waals surface area contributed by atoms with Gasteiger partial charge in [0.1, 0.15) is 4.90 Å². The Labute approximate surface area is 245 Å². The Kier molecular flexibility index (Phi) is 8.57. The van der Waals surface area contributed by atoms with Crippen molar-refractivity contribution in [2.45, 2.75) is 37.0 Å². The average molecular weight is 638 g/mol. The number of piperidine rings is 1. The Morgan fingerprint density at radius 3 is 2.28 bits per heavy atom. The van der Waals surface area contributed by atoms with Gasteiger partial charge in [0.2, 0.25) is 0 Å². The summed E-state index contributed by atoms with van der Waals surface area (Å²) in [5, 5.41) is 2.76. The van der Waals surface area contributed by atoms with Crippen LogP contribution in [0.25, 0.3) is 0 Å². The second-order valence-electron chi connectivity index (χ2n) is 11.1. The van der Waals surface area contributed by atoms with Gasteiger partial charge in [-0.05, 0) is 67.6 Å². The summed E-state index contributed by atoms with van der Waals surface area (Å²) in [6, 6.07) is 5.20. The molecule has 3 N–H and O–H groups in total. The van der Waals surface area contributed by atoms with Crippen molar-refractivity contribution in [3.05, 3.63) is 58.7 Å². The molecule has 0 radical (unpaired) electrons. The molecule has 15 heteroatoms. The maximum atomic E-state index is 13.4. The second-order valence-corrected chi connectivity index (χ2v) is 13.5. The molecule has 2 aromatic rings. The summed E-state index contributed by atoms with van der Waals surface area (Å²) in [6.07, 6.45) is 2.55. The first-order valence-electron chi connectivity index (χ1n) is 13.7. The molecule has 238 valence electrons. The van der Waals surface area contributed by atoms with Crippen molar-refractivity contribution in [1.29, 1.82) is 0 Å². The number of carbonyl (C=O) groups is 2. The Bertz CT molecular complexity index is 1390. The highest BCUT2D eigenvalue weighted by Crippen LogP contribution is 3.02. The molecule has 2 amide bonds. The van der Waals surface area contributed by atoms with Crippen LogP contribution in [0.2, 0.25) is 0 Å². The highest BCUT2D eigenvalue weighted by molar-refractivity contribution is 8.45. The molecule has 2 fully saturated rings. The fourth-order valence-corrected chi connectivity index (χ4v) is 5.89. The summed E-state index contributed by atoms with van der Waals surface area (Å²) in [5.41, 5.74) is 8.03. The molecule has 43 heavy (non-hydrogen) atoms. The zero-order chi connectivity index (χ0) is 31.7. The van der Waals surface area contributed by atoms with Crippen LogP contribution in [0.1, 0.15) is 51.1 Å². The van der Waals surface area contributed by atoms with E-state index >= 15 is 0 Å². The standard InChI is InChI=1S/C28H34F7N5O2S/c1-19-23(26(41)38-11-15-39-14-10-28(29,30)18-39)6-7-25(36)24(19)17-37-16-20-8-12-40(13-9-20)27(42)21-2-4-22(5-3-21)43(31,32,33,34)35/h2-7,17,20H,8-16,18,36H2,1H3,(H,38,41). The number of likely N-dealkylation sites (tertiary alicyclic amines) is 2. The number of nitrogens with one attached hydrogen (secondary N) is 1. The third kappa shape index (κ3) is 8.40. The molecule has 0 aliphatic carbocycles. The average Bonchev–Trinajstić information content (AvgIpc) is 3.27. The van der Waals surface area contributed by atoms with E-state index < -0.39 is 26.9 Å². The predicted octanol–water partition coefficient (Wildman–Crippen LogP) is 6.28. The number of hydrogen-bond donors (Lipinski definition) is 2. The first kappa shape index (κ1) is 32.6. The smallest absolute Gasteiger partial charge is 0.310 e. The van der Waals surface area contributed by atoms with Crippen molar-refractivity contribution in [3.8, 4) is 0 Å². The van der Waals surface area contributed by atoms with E-state index in [1.807, 2.05) is 0 Å². The van der Waals surface area contributed by atoms with Gasteiger partial charge in [0.05, 0.1) is 6.54 Å². The Morgan fingerprint density at radius 1 is 1.05 bits per heavy atom. The largest absolute Gasteiger partial charge is 0.398 e. The zero-order valence-corrected chi connectivity index (χ0v) is 24.3. The third-order valence-corrected chi connectivity index (χ3v) is 8.95. The number of nitrogen functional groups attached to an aromatic ring is 1. The van der Waals surface area contributed by atoms with Crippen molar-refractivity contribution in [1.82, 2.24) is 15.1 Å². The molecule has 2 aliphatic rings. The lowest BCUT2D eigenvalue weighted by molar-refractivity contribution is 0.0124. The molecule has 4 rings (SSSR count). The van der Waals surface area contributed by atoms with Gasteiger partial charge in [0, 0.05) is 74.3 Å². The molecule has 2 saturated heterocycles. The van der Waals surface area contributed by atoms with Crippen molar-refractivity contribution in [2.24, 2.45) is 10.9 Å². The number of benzene rings is 2. The lowest BCUT2D eigenvalue weighted by Gasteiger charge is -2.40. The quantitative estimate of drug-likeness (QED) is 0.193. The van der Waals surface area contributed by atoms with Gasteiger partial charge in [0.15, 0.2) is 0 Å². The highest BCUT2D eigenvalue weighted by Gasteiger charge is 2.65. The second kappa shape index (κ2) is 11.3. The van der Waals surface area contributed by atoms with Crippen LogP contribution in [-0.4, -0.2) is 79.6 Å². The number of aliphatic imine (C=N–C) groups is 1. The van der Waals surface area contributed by atoms with Crippen LogP contribution < -0.4 is 11.1 Å². The summed E-state index contributed by atoms with van der Waals surface area (Å²) < 4.78 is 91.5. The summed E-state index contributed by atoms with van der Waals surface area (Å²) in [4.78, 5) is 31.0. The summed E-state index contributed by atoms with van der Waals surface area (Å²) >= 11 is 0. The van der Waals surface area contributed by atoms with Gasteiger partial charge in [0.25, 0.3) is 17.7 Å². The fourth-order valence-electron chi connectivity index (χ4n) is 5.24. The van der Waals surface area contributed by atoms with E-state index in [0.29, 0.717) is 61.4 Å². The molecule has 2 aliphatic heterocycles. The van der Waals surface area contributed by atoms with Gasteiger partial charge in [-0.1, -0.05) is 19.4 Å². The minimum atomic E-state index is -9.81. The monoisotopic (exact) mass is 637 g/mol. The van der Waals surface area contributed by atoms with Crippen molar-refractivity contribution in [2.75, 3.05) is 51.5 Å². The SMILES string of the molecule is Cc1c(C(=O)NCCN2CCC(F)(F)C2)ccc(N)c1C=NCC1CCN(C(=O)c2ccc(S(F)(F)(F)(F)F)cc2)CC1. The molecule has 0 atom stereocenters. The summed E-state index contributed by atoms with van der Waals surface area (Å²) in [7, 11) is -9.81. The number of alkyl halides is 2. The van der Waals surface area contributed by atoms with Gasteiger partial charge >= 0.3 is 10.2 Å². The van der Waals surface area contributed by atoms with Gasteiger partial charge in [-0.15, -0.1) is 0 Å². The minimum absolute atomic E-state index is 0.102. The van der Waals surface area contributed by atoms with Gasteiger partial charge in [-0.3, -0.25) is 19.5 Å². The molecule has 0 aromatic heterocycles. The van der Waals surface area contributed by atoms with Crippen LogP contribution in [0.4, 0.5) is 33.9 Å². The van der Waals surface area contributed by atoms with Gasteiger partial charge in [-0.2, -0.15) is 0 Å². The fraction of sp³-hybridized carbons (Fsp3) is 0.464. The van der Waals surface area contributed by atoms with Crippen molar-refractivity contribution >= 4 is 33.9 Å². The number of hydrogen-bond acceptors (Lipinski definition) is 5. The van der Waals surface area contributed by atoms with Crippen LogP contribution in [-0.2, 0) is 0 Å². The molecular weight excluding hydrogens is 603 g/mol. The molecule has 0 saturated carbocycles. The number of nitrogens with two attached hydrogens (primary N) is 1. The summed E-state index contributed by atoms with van der Waals surface area (Å²) in [5.74, 6) is -3.46. The molecule has 0 unspecified atom stereocenters. The predicted molar refractivity (Wildman–Crippen MR) is 153 cm³/mol. The number of rotatable bonds is 9. The van der Waals surface area contributed by atoms with E-state index in [9.17, 15) is 37.8 Å². The first-order chi connectivity index (χ1) is 19.8. The minimum Gasteiger partial charge on any atom is -0.398 e. The topological polar surface area (TPSA) is 91.0 Å². The zero-order valence-electron chi connectivity index (χ0n) is 23.5. The maximum Gasteiger partial charge on any atom is 0.310 e. The molecule has 7 nitrogen and oxygen atoms in total. The van der Waals surface area contributed by atoms with E-state index in [0.717, 1.165) is 12.1 Å². The van der Waals surface area contributed by atoms with E-state index in [4.69, 9.17) is 5.73 Å². The molecular formula is C28H34F7N5O2S. The van der Waals surface area contributed by atoms with Gasteiger partial charge < -0.3 is 16.0 Å². The summed E-state index contributed by atoms with van der Waals surface area (Å²) in [6.45, 7) is 3.31. The molecule has 2 aromatic carbocycles. The number of nitrogens with zero attached hydrogens (tertiary/aromatic N) is 3. The van der Waals surface area contributed by atoms with Crippen LogP contribution >= 0.6 is 10.2 Å². The molecule has 0 bridgehead atoms. The number of anilines is 1. The van der Waals surface area contributed by atoms with E-state index in [1.54, 1.807) is 30.2 Å². The van der Waals surface area contributed by atoms with Crippen LogP contribution in [0.3, 0.4) is 0 Å². The number of carbonyl (C=O) groups excluding carboxylic acids is 2. The lowest BCUT2D eigenvalue weighted by atomic mass is 9.96. The van der Waals surface area contributed by atoms with Crippen LogP contribution in [0.15, 0.2) is 46.3 Å². The van der Waals surface area contributed by atoms with E-state index in [2.05, 4.69) is 10.3 Å². The van der Waals surface area contributed by atoms with Crippen LogP contribution in [0.5, 0.6) is 0 Å². The van der Waals surface area contributed by atoms with E-state index in [1.165, 1.54) is 4.90 Å². The Hall–Kier alpha value is -3.33. The number of halogens is 7. The Balaban J connectivity index is 1.28. The van der Waals surface area contributed by atoms with Crippen LogP contribution in [0, 0.1) is 12.8 Å². The molecule has 2 heterocycles. The third-order valence-electron chi connectivity index (χ3n) is 7.79. The van der Waals surface area contributed by atoms with Crippen molar-refractivity contribution < 1.29 is 37.8 Å². The normalized spacial score (nSPS) is 19.8. The van der Waals surface area contributed by atoms with E-state index in [-0.39, 0.29) is 55.6 Å². The molecule has 0 spiro atoms. The highest BCUT2D eigenvalue weighted by atomic mass is 32.5. The first-order valence-corrected chi connectivity index (χ1v) is 15.7. The lowest BCUT2D eigenvalue weighted by Crippen LogP contribution is -2.39. The Morgan fingerprint density at radius 2 is 1.70 bits per heavy atom. The van der Waals surface area contributed by atoms with Gasteiger partial charge in [-0.25, -0.2) is 8.78 Å².